The van der Waals surface area contributed by atoms with E-state index >= 15 is 0 Å². The fourth-order valence-electron chi connectivity index (χ4n) is 3.38. The maximum Gasteiger partial charge on any atom is 0.187 e. The highest BCUT2D eigenvalue weighted by Gasteiger charge is 2.44. The topological polar surface area (TPSA) is 137 Å². The van der Waals surface area contributed by atoms with Crippen LogP contribution in [-0.2, 0) is 14.3 Å². The van der Waals surface area contributed by atoms with Crippen LogP contribution in [-0.4, -0.2) is 81.3 Å². The first-order valence-electron chi connectivity index (χ1n) is 9.13. The van der Waals surface area contributed by atoms with Gasteiger partial charge in [-0.2, -0.15) is 0 Å². The largest absolute Gasteiger partial charge is 0.394 e. The van der Waals surface area contributed by atoms with Crippen LogP contribution in [0.4, 0.5) is 0 Å². The monoisotopic (exact) mass is 386 g/mol. The summed E-state index contributed by atoms with van der Waals surface area (Å²) >= 11 is 0. The van der Waals surface area contributed by atoms with Crippen LogP contribution in [0.5, 0.6) is 0 Å². The Morgan fingerprint density at radius 2 is 1.96 bits per heavy atom. The Balaban J connectivity index is 2.15. The van der Waals surface area contributed by atoms with Crippen molar-refractivity contribution in [2.75, 3.05) is 13.2 Å². The summed E-state index contributed by atoms with van der Waals surface area (Å²) in [5, 5.41) is 48.4. The van der Waals surface area contributed by atoms with Crippen molar-refractivity contribution in [3.05, 3.63) is 23.3 Å². The molecule has 1 fully saturated rings. The number of ether oxygens (including phenoxy) is 2. The van der Waals surface area contributed by atoms with Gasteiger partial charge >= 0.3 is 0 Å². The molecular weight excluding hydrogens is 356 g/mol. The van der Waals surface area contributed by atoms with Gasteiger partial charge in [0.1, 0.15) is 24.4 Å². The number of carbonyl (C=O) groups excluding carboxylic acids is 1. The molecule has 5 N–H and O–H groups in total. The average Bonchev–Trinajstić information content (AvgIpc) is 2.63. The summed E-state index contributed by atoms with van der Waals surface area (Å²) in [5.41, 5.74) is 0.857. The lowest BCUT2D eigenvalue weighted by molar-refractivity contribution is -0.299. The van der Waals surface area contributed by atoms with Crippen LogP contribution < -0.4 is 0 Å². The normalized spacial score (nSPS) is 39.3. The van der Waals surface area contributed by atoms with Gasteiger partial charge in [0.25, 0.3) is 0 Å². The van der Waals surface area contributed by atoms with Gasteiger partial charge in [0.05, 0.1) is 19.3 Å². The molecule has 0 radical (unpaired) electrons. The minimum absolute atomic E-state index is 0.0694. The van der Waals surface area contributed by atoms with Crippen molar-refractivity contribution in [2.24, 2.45) is 5.41 Å². The summed E-state index contributed by atoms with van der Waals surface area (Å²) < 4.78 is 10.8. The maximum absolute atomic E-state index is 12.4. The quantitative estimate of drug-likeness (QED) is 0.383. The van der Waals surface area contributed by atoms with E-state index in [-0.39, 0.29) is 12.4 Å². The molecule has 8 nitrogen and oxygen atoms in total. The molecular formula is C19H30O8. The van der Waals surface area contributed by atoms with Gasteiger partial charge in [0.15, 0.2) is 12.1 Å². The summed E-state index contributed by atoms with van der Waals surface area (Å²) in [4.78, 5) is 12.4. The molecule has 0 bridgehead atoms. The molecule has 0 aromatic heterocycles. The first-order chi connectivity index (χ1) is 12.6. The molecule has 1 saturated heterocycles. The molecule has 2 rings (SSSR count). The average molecular weight is 386 g/mol. The number of rotatable bonds is 6. The molecule has 7 unspecified atom stereocenters. The summed E-state index contributed by atoms with van der Waals surface area (Å²) in [6.45, 7) is 4.77. The molecule has 1 aliphatic carbocycles. The predicted molar refractivity (Wildman–Crippen MR) is 95.6 cm³/mol. The fourth-order valence-corrected chi connectivity index (χ4v) is 3.38. The summed E-state index contributed by atoms with van der Waals surface area (Å²) in [7, 11) is 0. The molecule has 0 spiro atoms. The highest BCUT2D eigenvalue weighted by atomic mass is 16.7. The van der Waals surface area contributed by atoms with Crippen LogP contribution in [0, 0.1) is 5.41 Å². The maximum atomic E-state index is 12.4. The second kappa shape index (κ2) is 8.91. The Kier molecular flexibility index (Phi) is 7.32. The van der Waals surface area contributed by atoms with E-state index in [9.17, 15) is 30.3 Å². The zero-order chi connectivity index (χ0) is 20.4. The Hall–Kier alpha value is -1.13. The molecule has 0 aromatic carbocycles. The number of allylic oxidation sites excluding steroid dienone is 2. The van der Waals surface area contributed by atoms with E-state index in [0.29, 0.717) is 18.4 Å². The lowest BCUT2D eigenvalue weighted by Gasteiger charge is -2.40. The predicted octanol–water partition coefficient (Wildman–Crippen LogP) is -0.574. The van der Waals surface area contributed by atoms with Gasteiger partial charge in [-0.05, 0) is 20.3 Å². The smallest absolute Gasteiger partial charge is 0.187 e. The van der Waals surface area contributed by atoms with Gasteiger partial charge in [0, 0.05) is 17.4 Å². The van der Waals surface area contributed by atoms with Gasteiger partial charge in [-0.15, -0.1) is 0 Å². The highest BCUT2D eigenvalue weighted by molar-refractivity contribution is 5.97. The van der Waals surface area contributed by atoms with E-state index in [1.807, 2.05) is 19.9 Å². The molecule has 1 heterocycles. The van der Waals surface area contributed by atoms with Gasteiger partial charge in [-0.3, -0.25) is 4.79 Å². The zero-order valence-corrected chi connectivity index (χ0v) is 15.9. The zero-order valence-electron chi connectivity index (χ0n) is 15.9. The summed E-state index contributed by atoms with van der Waals surface area (Å²) in [5.74, 6) is -0.0694. The fraction of sp³-hybridized carbons (Fsp3) is 0.737. The Bertz CT molecular complexity index is 597. The molecule has 0 saturated carbocycles. The number of hydrogen-bond acceptors (Lipinski definition) is 8. The van der Waals surface area contributed by atoms with E-state index in [1.165, 1.54) is 0 Å². The van der Waals surface area contributed by atoms with Crippen molar-refractivity contribution in [3.8, 4) is 0 Å². The molecule has 154 valence electrons. The number of aliphatic hydroxyl groups excluding tert-OH is 5. The number of carbonyl (C=O) groups is 1. The SMILES string of the molecule is CC1=C(COC2OC(CO)C(O)C(O)C2O)C(=O)CCC1(C)C=CC(C)O. The molecule has 1 aliphatic heterocycles. The van der Waals surface area contributed by atoms with Crippen molar-refractivity contribution in [2.45, 2.75) is 70.4 Å². The minimum Gasteiger partial charge on any atom is -0.394 e. The van der Waals surface area contributed by atoms with Crippen LogP contribution >= 0.6 is 0 Å². The summed E-state index contributed by atoms with van der Waals surface area (Å²) in [6, 6.07) is 0. The van der Waals surface area contributed by atoms with Crippen molar-refractivity contribution in [1.82, 2.24) is 0 Å². The second-order valence-corrected chi connectivity index (χ2v) is 7.55. The first-order valence-corrected chi connectivity index (χ1v) is 9.13. The van der Waals surface area contributed by atoms with Crippen LogP contribution in [0.2, 0.25) is 0 Å². The van der Waals surface area contributed by atoms with Gasteiger partial charge < -0.3 is 35.0 Å². The third kappa shape index (κ3) is 4.83. The van der Waals surface area contributed by atoms with Crippen LogP contribution in [0.25, 0.3) is 0 Å². The van der Waals surface area contributed by atoms with E-state index in [2.05, 4.69) is 0 Å². The molecule has 27 heavy (non-hydrogen) atoms. The minimum atomic E-state index is -1.53. The summed E-state index contributed by atoms with van der Waals surface area (Å²) in [6.07, 6.45) is -2.95. The lowest BCUT2D eigenvalue weighted by Crippen LogP contribution is -2.59. The van der Waals surface area contributed by atoms with Crippen LogP contribution in [0.1, 0.15) is 33.6 Å². The van der Waals surface area contributed by atoms with Gasteiger partial charge in [-0.1, -0.05) is 24.6 Å². The van der Waals surface area contributed by atoms with Crippen LogP contribution in [0.3, 0.4) is 0 Å². The van der Waals surface area contributed by atoms with E-state index in [1.54, 1.807) is 13.0 Å². The number of ketones is 1. The van der Waals surface area contributed by atoms with Crippen molar-refractivity contribution in [1.29, 1.82) is 0 Å². The molecule has 0 amide bonds. The van der Waals surface area contributed by atoms with Gasteiger partial charge in [-0.25, -0.2) is 0 Å². The molecule has 0 aromatic rings. The number of Topliss-reactive ketones (excluding diaryl/α,β-unsaturated/α-hetero) is 1. The Labute approximate surface area is 158 Å². The van der Waals surface area contributed by atoms with Crippen molar-refractivity contribution < 1.29 is 39.8 Å². The molecule has 2 aliphatic rings. The van der Waals surface area contributed by atoms with Gasteiger partial charge in [0.2, 0.25) is 0 Å². The Morgan fingerprint density at radius 1 is 1.30 bits per heavy atom. The third-order valence-electron chi connectivity index (χ3n) is 5.50. The molecule has 8 heteroatoms. The lowest BCUT2D eigenvalue weighted by atomic mass is 9.71. The van der Waals surface area contributed by atoms with E-state index in [4.69, 9.17) is 9.47 Å². The first kappa shape index (κ1) is 22.2. The third-order valence-corrected chi connectivity index (χ3v) is 5.50. The van der Waals surface area contributed by atoms with E-state index in [0.717, 1.165) is 5.57 Å². The second-order valence-electron chi connectivity index (χ2n) is 7.55. The van der Waals surface area contributed by atoms with Crippen molar-refractivity contribution >= 4 is 5.78 Å². The standard InChI is InChI=1S/C19H30O8/c1-10(21)4-6-19(3)7-5-13(22)12(11(19)2)9-26-18-17(25)16(24)15(23)14(8-20)27-18/h4,6,10,14-18,20-21,23-25H,5,7-9H2,1-3H3. The Morgan fingerprint density at radius 3 is 2.56 bits per heavy atom. The van der Waals surface area contributed by atoms with Crippen LogP contribution in [0.15, 0.2) is 23.3 Å². The molecule has 7 atom stereocenters. The van der Waals surface area contributed by atoms with Crippen molar-refractivity contribution in [3.63, 3.8) is 0 Å². The number of hydrogen-bond donors (Lipinski definition) is 5. The highest BCUT2D eigenvalue weighted by Crippen LogP contribution is 2.40. The van der Waals surface area contributed by atoms with E-state index < -0.39 is 48.8 Å². The number of aliphatic hydroxyl groups is 5.